The lowest BCUT2D eigenvalue weighted by molar-refractivity contribution is -0.142. The zero-order chi connectivity index (χ0) is 12.6. The molecule has 1 amide bonds. The lowest BCUT2D eigenvalue weighted by Gasteiger charge is -2.17. The number of carbonyl (C=O) groups is 2. The van der Waals surface area contributed by atoms with Crippen molar-refractivity contribution in [3.05, 3.63) is 0 Å². The Bertz CT molecular complexity index is 233. The second-order valence-electron chi connectivity index (χ2n) is 3.74. The van der Waals surface area contributed by atoms with Gasteiger partial charge in [0.05, 0.1) is 6.42 Å². The number of nitrogens with one attached hydrogen (secondary N) is 1. The summed E-state index contributed by atoms with van der Waals surface area (Å²) in [5, 5.41) is 20.7. The molecule has 0 aromatic rings. The minimum absolute atomic E-state index is 0.319. The summed E-state index contributed by atoms with van der Waals surface area (Å²) in [6, 6.07) is -1.12. The molecule has 1 unspecified atom stereocenters. The first-order valence-electron chi connectivity index (χ1n) is 5.42. The fraction of sp³-hybridized carbons (Fsp3) is 0.800. The Balaban J connectivity index is 3.98. The second-order valence-corrected chi connectivity index (χ2v) is 3.74. The number of amides is 1. The number of primary amides is 1. The highest BCUT2D eigenvalue weighted by molar-refractivity contribution is 5.83. The van der Waals surface area contributed by atoms with E-state index < -0.39 is 24.1 Å². The Morgan fingerprint density at radius 3 is 2.44 bits per heavy atom. The van der Waals surface area contributed by atoms with Crippen molar-refractivity contribution in [2.75, 3.05) is 0 Å². The fourth-order valence-electron chi connectivity index (χ4n) is 1.32. The molecule has 0 spiro atoms. The molecule has 6 heteroatoms. The molecule has 0 aliphatic heterocycles. The fourth-order valence-corrected chi connectivity index (χ4v) is 1.32. The molecule has 0 aromatic carbocycles. The van der Waals surface area contributed by atoms with E-state index in [1.807, 2.05) is 6.92 Å². The minimum atomic E-state index is -1.19. The van der Waals surface area contributed by atoms with Crippen LogP contribution in [0.4, 0.5) is 0 Å². The molecule has 0 rings (SSSR count). The summed E-state index contributed by atoms with van der Waals surface area (Å²) in [6.45, 7) is 2.03. The van der Waals surface area contributed by atoms with Crippen LogP contribution in [0.15, 0.2) is 0 Å². The molecule has 2 atom stereocenters. The third kappa shape index (κ3) is 7.19. The zero-order valence-electron chi connectivity index (χ0n) is 9.48. The molecule has 0 fully saturated rings. The van der Waals surface area contributed by atoms with Crippen LogP contribution in [0, 0.1) is 0 Å². The van der Waals surface area contributed by atoms with Crippen LogP contribution in [-0.2, 0) is 9.59 Å². The standard InChI is InChI=1S/C10H20N2O4/c1-2-3-4-5-9(14)12-7(10(15)16)6-8(11)13/h7,9,12,14H,2-6H2,1H3,(H2,11,13)(H,15,16)/t7-,9?/m0/s1. The summed E-state index contributed by atoms with van der Waals surface area (Å²) >= 11 is 0. The number of carbonyl (C=O) groups excluding carboxylic acids is 1. The Morgan fingerprint density at radius 2 is 2.00 bits per heavy atom. The molecular weight excluding hydrogens is 212 g/mol. The first-order valence-corrected chi connectivity index (χ1v) is 5.42. The number of aliphatic hydroxyl groups excluding tert-OH is 1. The van der Waals surface area contributed by atoms with Crippen LogP contribution in [-0.4, -0.2) is 34.4 Å². The number of rotatable bonds is 9. The summed E-state index contributed by atoms with van der Waals surface area (Å²) in [4.78, 5) is 21.3. The van der Waals surface area contributed by atoms with Gasteiger partial charge in [0.2, 0.25) is 5.91 Å². The third-order valence-corrected chi connectivity index (χ3v) is 2.18. The van der Waals surface area contributed by atoms with E-state index in [2.05, 4.69) is 5.32 Å². The molecule has 0 aliphatic carbocycles. The average molecular weight is 232 g/mol. The number of hydrogen-bond donors (Lipinski definition) is 4. The Labute approximate surface area is 94.8 Å². The van der Waals surface area contributed by atoms with E-state index in [0.29, 0.717) is 6.42 Å². The molecule has 6 nitrogen and oxygen atoms in total. The lowest BCUT2D eigenvalue weighted by atomic mass is 10.1. The minimum Gasteiger partial charge on any atom is -0.480 e. The molecule has 0 radical (unpaired) electrons. The molecule has 16 heavy (non-hydrogen) atoms. The van der Waals surface area contributed by atoms with E-state index in [1.165, 1.54) is 0 Å². The maximum absolute atomic E-state index is 10.7. The van der Waals surface area contributed by atoms with Crippen molar-refractivity contribution in [2.24, 2.45) is 5.73 Å². The monoisotopic (exact) mass is 232 g/mol. The summed E-state index contributed by atoms with van der Waals surface area (Å²) in [5.41, 5.74) is 4.90. The molecule has 5 N–H and O–H groups in total. The van der Waals surface area contributed by atoms with Gasteiger partial charge < -0.3 is 15.9 Å². The molecule has 94 valence electrons. The molecule has 0 aromatic heterocycles. The smallest absolute Gasteiger partial charge is 0.321 e. The van der Waals surface area contributed by atoms with Crippen molar-refractivity contribution in [1.29, 1.82) is 0 Å². The van der Waals surface area contributed by atoms with Crippen LogP contribution in [0.5, 0.6) is 0 Å². The van der Waals surface area contributed by atoms with Gasteiger partial charge in [-0.3, -0.25) is 14.9 Å². The first-order chi connectivity index (χ1) is 7.47. The van der Waals surface area contributed by atoms with E-state index in [9.17, 15) is 14.7 Å². The highest BCUT2D eigenvalue weighted by Crippen LogP contribution is 2.03. The van der Waals surface area contributed by atoms with Gasteiger partial charge in [0.15, 0.2) is 0 Å². The number of carboxylic acids is 1. The quantitative estimate of drug-likeness (QED) is 0.325. The van der Waals surface area contributed by atoms with E-state index in [1.54, 1.807) is 0 Å². The normalized spacial score (nSPS) is 14.4. The van der Waals surface area contributed by atoms with Crippen molar-refractivity contribution in [3.63, 3.8) is 0 Å². The predicted octanol–water partition coefficient (Wildman–Crippen LogP) is -0.197. The highest BCUT2D eigenvalue weighted by atomic mass is 16.4. The Kier molecular flexibility index (Phi) is 7.49. The largest absolute Gasteiger partial charge is 0.480 e. The molecule has 0 saturated carbocycles. The van der Waals surface area contributed by atoms with Gasteiger partial charge in [-0.2, -0.15) is 0 Å². The second kappa shape index (κ2) is 8.06. The summed E-state index contributed by atoms with van der Waals surface area (Å²) in [6.07, 6.45) is 2.05. The maximum atomic E-state index is 10.7. The van der Waals surface area contributed by atoms with Crippen LogP contribution in [0.2, 0.25) is 0 Å². The van der Waals surface area contributed by atoms with E-state index in [0.717, 1.165) is 19.3 Å². The van der Waals surface area contributed by atoms with Crippen LogP contribution < -0.4 is 11.1 Å². The molecule has 0 bridgehead atoms. The van der Waals surface area contributed by atoms with Crippen LogP contribution in [0.3, 0.4) is 0 Å². The van der Waals surface area contributed by atoms with Gasteiger partial charge in [0, 0.05) is 0 Å². The first kappa shape index (κ1) is 14.9. The maximum Gasteiger partial charge on any atom is 0.321 e. The third-order valence-electron chi connectivity index (χ3n) is 2.18. The van der Waals surface area contributed by atoms with E-state index in [4.69, 9.17) is 10.8 Å². The summed E-state index contributed by atoms with van der Waals surface area (Å²) < 4.78 is 0. The van der Waals surface area contributed by atoms with Crippen LogP contribution >= 0.6 is 0 Å². The van der Waals surface area contributed by atoms with Crippen molar-refractivity contribution >= 4 is 11.9 Å². The van der Waals surface area contributed by atoms with Crippen LogP contribution in [0.1, 0.15) is 39.0 Å². The molecule has 0 heterocycles. The zero-order valence-corrected chi connectivity index (χ0v) is 9.48. The topological polar surface area (TPSA) is 113 Å². The number of hydrogen-bond acceptors (Lipinski definition) is 4. The molecular formula is C10H20N2O4. The number of nitrogens with two attached hydrogens (primary N) is 1. The number of unbranched alkanes of at least 4 members (excludes halogenated alkanes) is 2. The van der Waals surface area contributed by atoms with Crippen molar-refractivity contribution in [2.45, 2.75) is 51.3 Å². The van der Waals surface area contributed by atoms with Crippen LogP contribution in [0.25, 0.3) is 0 Å². The number of carboxylic acid groups (broad SMARTS) is 1. The van der Waals surface area contributed by atoms with E-state index >= 15 is 0 Å². The van der Waals surface area contributed by atoms with E-state index in [-0.39, 0.29) is 6.42 Å². The Hall–Kier alpha value is -1.14. The number of aliphatic hydroxyl groups is 1. The van der Waals surface area contributed by atoms with Gasteiger partial charge in [0.25, 0.3) is 0 Å². The van der Waals surface area contributed by atoms with Crippen molar-refractivity contribution < 1.29 is 19.8 Å². The van der Waals surface area contributed by atoms with Gasteiger partial charge >= 0.3 is 5.97 Å². The average Bonchev–Trinajstić information content (AvgIpc) is 2.16. The molecule has 0 saturated heterocycles. The Morgan fingerprint density at radius 1 is 1.38 bits per heavy atom. The highest BCUT2D eigenvalue weighted by Gasteiger charge is 2.21. The van der Waals surface area contributed by atoms with Gasteiger partial charge in [0.1, 0.15) is 12.3 Å². The van der Waals surface area contributed by atoms with Crippen molar-refractivity contribution in [3.8, 4) is 0 Å². The van der Waals surface area contributed by atoms with Crippen molar-refractivity contribution in [1.82, 2.24) is 5.32 Å². The number of aliphatic carboxylic acids is 1. The van der Waals surface area contributed by atoms with Gasteiger partial charge in [-0.25, -0.2) is 0 Å². The van der Waals surface area contributed by atoms with Gasteiger partial charge in [-0.15, -0.1) is 0 Å². The van der Waals surface area contributed by atoms with Gasteiger partial charge in [-0.1, -0.05) is 19.8 Å². The van der Waals surface area contributed by atoms with Gasteiger partial charge in [-0.05, 0) is 12.8 Å². The SMILES string of the molecule is CCCCCC(O)N[C@@H](CC(N)=O)C(=O)O. The molecule has 0 aliphatic rings. The summed E-state index contributed by atoms with van der Waals surface area (Å²) in [7, 11) is 0. The lowest BCUT2D eigenvalue weighted by Crippen LogP contribution is -2.45. The summed E-state index contributed by atoms with van der Waals surface area (Å²) in [5.74, 6) is -1.89. The predicted molar refractivity (Wildman–Crippen MR) is 58.5 cm³/mol.